The van der Waals surface area contributed by atoms with E-state index in [2.05, 4.69) is 42.6 Å². The zero-order valence-electron chi connectivity index (χ0n) is 18.2. The van der Waals surface area contributed by atoms with Crippen molar-refractivity contribution in [1.82, 2.24) is 5.32 Å². The minimum absolute atomic E-state index is 0.0170. The number of benzene rings is 1. The molecule has 0 amide bonds. The van der Waals surface area contributed by atoms with Gasteiger partial charge in [0.15, 0.2) is 0 Å². The van der Waals surface area contributed by atoms with Gasteiger partial charge in [-0.3, -0.25) is 4.79 Å². The zero-order chi connectivity index (χ0) is 20.1. The first kappa shape index (κ1) is 24.7. The van der Waals surface area contributed by atoms with E-state index in [9.17, 15) is 4.79 Å². The number of hydrogen-bond acceptors (Lipinski definition) is 3. The molecule has 0 saturated carbocycles. The Bertz CT molecular complexity index is 461. The van der Waals surface area contributed by atoms with E-state index in [1.165, 1.54) is 56.9 Å². The van der Waals surface area contributed by atoms with Crippen molar-refractivity contribution in [2.45, 2.75) is 96.8 Å². The number of carbonyl (C=O) groups excluding carboxylic acids is 1. The fourth-order valence-corrected chi connectivity index (χ4v) is 3.37. The summed E-state index contributed by atoms with van der Waals surface area (Å²) in [6, 6.07) is 10.6. The van der Waals surface area contributed by atoms with E-state index in [1.54, 1.807) is 0 Å². The van der Waals surface area contributed by atoms with Crippen molar-refractivity contribution in [2.24, 2.45) is 0 Å². The summed E-state index contributed by atoms with van der Waals surface area (Å²) in [5, 5.41) is 3.48. The average molecular weight is 390 g/mol. The normalized spacial score (nSPS) is 10.9. The van der Waals surface area contributed by atoms with Gasteiger partial charge < -0.3 is 10.1 Å². The molecule has 0 unspecified atom stereocenters. The lowest BCUT2D eigenvalue weighted by Crippen LogP contribution is -2.18. The van der Waals surface area contributed by atoms with E-state index in [1.807, 2.05) is 0 Å². The van der Waals surface area contributed by atoms with Gasteiger partial charge in [-0.25, -0.2) is 0 Å². The number of ether oxygens (including phenoxy) is 1. The van der Waals surface area contributed by atoms with Crippen LogP contribution >= 0.6 is 0 Å². The number of nitrogens with one attached hydrogen (secondary N) is 1. The third-order valence-corrected chi connectivity index (χ3v) is 5.18. The van der Waals surface area contributed by atoms with Crippen molar-refractivity contribution >= 4 is 5.97 Å². The monoisotopic (exact) mass is 389 g/mol. The zero-order valence-corrected chi connectivity index (χ0v) is 18.2. The number of carbonyl (C=O) groups is 1. The van der Waals surface area contributed by atoms with Gasteiger partial charge in [0.05, 0.1) is 6.61 Å². The highest BCUT2D eigenvalue weighted by Gasteiger charge is 2.02. The van der Waals surface area contributed by atoms with Crippen LogP contribution in [-0.2, 0) is 16.0 Å². The molecule has 160 valence electrons. The highest BCUT2D eigenvalue weighted by molar-refractivity contribution is 5.69. The molecule has 0 atom stereocenters. The topological polar surface area (TPSA) is 38.3 Å². The SMILES string of the molecule is CCCCCCCCCCCOC(=O)CCCCCNCCc1ccccc1. The molecular weight excluding hydrogens is 346 g/mol. The van der Waals surface area contributed by atoms with Crippen molar-refractivity contribution in [3.05, 3.63) is 35.9 Å². The molecule has 28 heavy (non-hydrogen) atoms. The summed E-state index contributed by atoms with van der Waals surface area (Å²) in [5.74, 6) is -0.0170. The van der Waals surface area contributed by atoms with E-state index in [4.69, 9.17) is 4.74 Å². The molecule has 0 aliphatic carbocycles. The van der Waals surface area contributed by atoms with Crippen molar-refractivity contribution in [1.29, 1.82) is 0 Å². The minimum Gasteiger partial charge on any atom is -0.466 e. The van der Waals surface area contributed by atoms with Gasteiger partial charge in [0.25, 0.3) is 0 Å². The smallest absolute Gasteiger partial charge is 0.305 e. The number of esters is 1. The highest BCUT2D eigenvalue weighted by Crippen LogP contribution is 2.10. The molecule has 1 aromatic rings. The number of rotatable bonds is 19. The Balaban J connectivity index is 1.77. The van der Waals surface area contributed by atoms with Gasteiger partial charge in [0, 0.05) is 6.42 Å². The van der Waals surface area contributed by atoms with Gasteiger partial charge in [-0.15, -0.1) is 0 Å². The van der Waals surface area contributed by atoms with Crippen LogP contribution in [0, 0.1) is 0 Å². The Hall–Kier alpha value is -1.35. The van der Waals surface area contributed by atoms with Crippen LogP contribution in [0.5, 0.6) is 0 Å². The van der Waals surface area contributed by atoms with E-state index in [-0.39, 0.29) is 5.97 Å². The predicted octanol–water partition coefficient (Wildman–Crippen LogP) is 6.45. The molecule has 1 aromatic carbocycles. The first-order valence-corrected chi connectivity index (χ1v) is 11.7. The van der Waals surface area contributed by atoms with Gasteiger partial charge in [0.1, 0.15) is 0 Å². The molecule has 1 N–H and O–H groups in total. The summed E-state index contributed by atoms with van der Waals surface area (Å²) >= 11 is 0. The predicted molar refractivity (Wildman–Crippen MR) is 120 cm³/mol. The summed E-state index contributed by atoms with van der Waals surface area (Å²) in [5.41, 5.74) is 1.38. The molecule has 0 aromatic heterocycles. The average Bonchev–Trinajstić information content (AvgIpc) is 2.72. The molecule has 0 aliphatic heterocycles. The summed E-state index contributed by atoms with van der Waals surface area (Å²) in [6.07, 6.45) is 16.4. The molecule has 1 rings (SSSR count). The van der Waals surface area contributed by atoms with Gasteiger partial charge >= 0.3 is 5.97 Å². The first-order valence-electron chi connectivity index (χ1n) is 11.7. The fourth-order valence-electron chi connectivity index (χ4n) is 3.37. The molecule has 0 bridgehead atoms. The Kier molecular flexibility index (Phi) is 16.7. The van der Waals surface area contributed by atoms with Crippen molar-refractivity contribution < 1.29 is 9.53 Å². The lowest BCUT2D eigenvalue weighted by molar-refractivity contribution is -0.143. The molecule has 3 heteroatoms. The molecule has 0 aliphatic rings. The summed E-state index contributed by atoms with van der Waals surface area (Å²) in [7, 11) is 0. The Morgan fingerprint density at radius 2 is 1.43 bits per heavy atom. The second-order valence-electron chi connectivity index (χ2n) is 7.85. The standard InChI is InChI=1S/C25H43NO2/c1-2-3-4-5-6-7-8-9-16-23-28-25(27)19-14-11-15-21-26-22-20-24-17-12-10-13-18-24/h10,12-13,17-18,26H,2-9,11,14-16,19-23H2,1H3. The summed E-state index contributed by atoms with van der Waals surface area (Å²) in [4.78, 5) is 11.7. The van der Waals surface area contributed by atoms with Crippen LogP contribution in [0.3, 0.4) is 0 Å². The molecule has 0 fully saturated rings. The maximum atomic E-state index is 11.7. The third kappa shape index (κ3) is 15.7. The fraction of sp³-hybridized carbons (Fsp3) is 0.720. The van der Waals surface area contributed by atoms with Gasteiger partial charge in [-0.05, 0) is 44.3 Å². The number of unbranched alkanes of at least 4 members (excludes halogenated alkanes) is 10. The minimum atomic E-state index is -0.0170. The summed E-state index contributed by atoms with van der Waals surface area (Å²) in [6.45, 7) is 4.91. The van der Waals surface area contributed by atoms with Gasteiger partial charge in [0.2, 0.25) is 0 Å². The molecular formula is C25H43NO2. The molecule has 0 spiro atoms. The Labute approximate surface area is 173 Å². The highest BCUT2D eigenvalue weighted by atomic mass is 16.5. The van der Waals surface area contributed by atoms with Gasteiger partial charge in [-0.1, -0.05) is 95.0 Å². The van der Waals surface area contributed by atoms with E-state index < -0.39 is 0 Å². The van der Waals surface area contributed by atoms with E-state index in [0.29, 0.717) is 13.0 Å². The first-order chi connectivity index (χ1) is 13.8. The van der Waals surface area contributed by atoms with Crippen molar-refractivity contribution in [2.75, 3.05) is 19.7 Å². The van der Waals surface area contributed by atoms with Crippen LogP contribution in [0.25, 0.3) is 0 Å². The second-order valence-corrected chi connectivity index (χ2v) is 7.85. The van der Waals surface area contributed by atoms with Crippen molar-refractivity contribution in [3.63, 3.8) is 0 Å². The van der Waals surface area contributed by atoms with Crippen LogP contribution in [0.1, 0.15) is 96.0 Å². The van der Waals surface area contributed by atoms with Crippen LogP contribution in [0.4, 0.5) is 0 Å². The second kappa shape index (κ2) is 19.0. The molecule has 0 radical (unpaired) electrons. The maximum Gasteiger partial charge on any atom is 0.305 e. The number of hydrogen-bond donors (Lipinski definition) is 1. The molecule has 3 nitrogen and oxygen atoms in total. The van der Waals surface area contributed by atoms with Crippen LogP contribution in [0.15, 0.2) is 30.3 Å². The van der Waals surface area contributed by atoms with E-state index in [0.717, 1.165) is 45.2 Å². The van der Waals surface area contributed by atoms with Crippen LogP contribution in [-0.4, -0.2) is 25.7 Å². The lowest BCUT2D eigenvalue weighted by atomic mass is 10.1. The quantitative estimate of drug-likeness (QED) is 0.218. The third-order valence-electron chi connectivity index (χ3n) is 5.18. The lowest BCUT2D eigenvalue weighted by Gasteiger charge is -2.06. The Morgan fingerprint density at radius 1 is 0.786 bits per heavy atom. The van der Waals surface area contributed by atoms with Crippen molar-refractivity contribution in [3.8, 4) is 0 Å². The van der Waals surface area contributed by atoms with Crippen LogP contribution < -0.4 is 5.32 Å². The molecule has 0 heterocycles. The Morgan fingerprint density at radius 3 is 2.14 bits per heavy atom. The summed E-state index contributed by atoms with van der Waals surface area (Å²) < 4.78 is 5.34. The largest absolute Gasteiger partial charge is 0.466 e. The van der Waals surface area contributed by atoms with Crippen LogP contribution in [0.2, 0.25) is 0 Å². The van der Waals surface area contributed by atoms with E-state index >= 15 is 0 Å². The molecule has 0 saturated heterocycles. The maximum absolute atomic E-state index is 11.7. The van der Waals surface area contributed by atoms with Gasteiger partial charge in [-0.2, -0.15) is 0 Å².